The number of ether oxygens (including phenoxy) is 3. The van der Waals surface area contributed by atoms with E-state index < -0.39 is 0 Å². The van der Waals surface area contributed by atoms with Gasteiger partial charge >= 0.3 is 6.09 Å². The number of hydrogen-bond donors (Lipinski definition) is 0. The number of benzene rings is 3. The second kappa shape index (κ2) is 7.68. The van der Waals surface area contributed by atoms with Gasteiger partial charge in [-0.25, -0.2) is 4.79 Å². The van der Waals surface area contributed by atoms with Crippen LogP contribution >= 0.6 is 0 Å². The Balaban J connectivity index is 1.50. The highest BCUT2D eigenvalue weighted by atomic mass is 16.6. The number of amides is 1. The van der Waals surface area contributed by atoms with E-state index in [4.69, 9.17) is 14.2 Å². The lowest BCUT2D eigenvalue weighted by molar-refractivity contribution is 0.0718. The lowest BCUT2D eigenvalue weighted by Crippen LogP contribution is -2.25. The fourth-order valence-corrected chi connectivity index (χ4v) is 3.21. The predicted octanol–water partition coefficient (Wildman–Crippen LogP) is 4.39. The van der Waals surface area contributed by atoms with E-state index in [0.717, 1.165) is 27.8 Å². The van der Waals surface area contributed by atoms with E-state index in [1.807, 2.05) is 66.7 Å². The summed E-state index contributed by atoms with van der Waals surface area (Å²) in [5, 5.41) is 2.10. The molecule has 1 fully saturated rings. The highest BCUT2D eigenvalue weighted by Gasteiger charge is 2.32. The second-order valence-electron chi connectivity index (χ2n) is 6.54. The summed E-state index contributed by atoms with van der Waals surface area (Å²) in [6.45, 7) is 1.43. The van der Waals surface area contributed by atoms with Gasteiger partial charge in [0.15, 0.2) is 0 Å². The summed E-state index contributed by atoms with van der Waals surface area (Å²) < 4.78 is 16.3. The topological polar surface area (TPSA) is 48.0 Å². The van der Waals surface area contributed by atoms with Gasteiger partial charge in [-0.05, 0) is 40.6 Å². The molecule has 1 heterocycles. The van der Waals surface area contributed by atoms with Crippen LogP contribution in [0.1, 0.15) is 5.56 Å². The van der Waals surface area contributed by atoms with Gasteiger partial charge in [0.1, 0.15) is 18.5 Å². The van der Waals surface area contributed by atoms with E-state index in [0.29, 0.717) is 19.8 Å². The number of anilines is 1. The Morgan fingerprint density at radius 3 is 2.63 bits per heavy atom. The summed E-state index contributed by atoms with van der Waals surface area (Å²) in [4.78, 5) is 13.7. The number of nitrogens with zero attached hydrogens (tertiary/aromatic N) is 1. The van der Waals surface area contributed by atoms with Gasteiger partial charge in [0.05, 0.1) is 13.2 Å². The van der Waals surface area contributed by atoms with Crippen LogP contribution in [0, 0.1) is 0 Å². The monoisotopic (exact) mass is 363 g/mol. The van der Waals surface area contributed by atoms with Crippen molar-refractivity contribution in [2.24, 2.45) is 0 Å². The molecule has 0 saturated carbocycles. The molecular weight excluding hydrogens is 342 g/mol. The molecule has 0 aliphatic carbocycles. The molecule has 0 spiro atoms. The van der Waals surface area contributed by atoms with Gasteiger partial charge in [0.2, 0.25) is 0 Å². The Morgan fingerprint density at radius 2 is 1.81 bits per heavy atom. The predicted molar refractivity (Wildman–Crippen MR) is 104 cm³/mol. The van der Waals surface area contributed by atoms with Crippen molar-refractivity contribution >= 4 is 22.6 Å². The van der Waals surface area contributed by atoms with E-state index in [9.17, 15) is 4.79 Å². The smallest absolute Gasteiger partial charge is 0.414 e. The van der Waals surface area contributed by atoms with Gasteiger partial charge in [-0.1, -0.05) is 42.5 Å². The first kappa shape index (κ1) is 17.4. The molecule has 4 rings (SSSR count). The zero-order valence-corrected chi connectivity index (χ0v) is 15.1. The molecule has 27 heavy (non-hydrogen) atoms. The third-order valence-corrected chi connectivity index (χ3v) is 4.58. The van der Waals surface area contributed by atoms with Gasteiger partial charge < -0.3 is 14.2 Å². The van der Waals surface area contributed by atoms with Crippen LogP contribution in [-0.2, 0) is 16.1 Å². The zero-order valence-electron chi connectivity index (χ0n) is 15.1. The van der Waals surface area contributed by atoms with Crippen molar-refractivity contribution in [1.29, 1.82) is 0 Å². The molecule has 1 amide bonds. The normalized spacial score (nSPS) is 16.6. The van der Waals surface area contributed by atoms with Crippen LogP contribution in [0.3, 0.4) is 0 Å². The molecule has 1 atom stereocenters. The molecule has 0 N–H and O–H groups in total. The van der Waals surface area contributed by atoms with E-state index in [2.05, 4.69) is 0 Å². The SMILES string of the molecule is COCC1CN(c2ccc3cc(OCc4ccccc4)ccc3c2)C(=O)O1. The first-order valence-corrected chi connectivity index (χ1v) is 8.90. The molecule has 0 aromatic heterocycles. The molecule has 5 heteroatoms. The standard InChI is InChI=1S/C22H21NO4/c1-25-15-21-13-23(22(24)27-21)19-9-7-18-12-20(10-8-17(18)11-19)26-14-16-5-3-2-4-6-16/h2-12,21H,13-15H2,1H3. The van der Waals surface area contributed by atoms with Gasteiger partial charge in [0.25, 0.3) is 0 Å². The number of hydrogen-bond acceptors (Lipinski definition) is 4. The maximum absolute atomic E-state index is 12.1. The van der Waals surface area contributed by atoms with Crippen molar-refractivity contribution in [3.8, 4) is 5.75 Å². The van der Waals surface area contributed by atoms with Gasteiger partial charge in [-0.15, -0.1) is 0 Å². The number of methoxy groups -OCH3 is 1. The molecule has 3 aromatic carbocycles. The van der Waals surface area contributed by atoms with Crippen molar-refractivity contribution in [2.75, 3.05) is 25.2 Å². The van der Waals surface area contributed by atoms with Crippen LogP contribution in [0.2, 0.25) is 0 Å². The molecule has 3 aromatic rings. The summed E-state index contributed by atoms with van der Waals surface area (Å²) in [6.07, 6.45) is -0.564. The van der Waals surface area contributed by atoms with Crippen LogP contribution < -0.4 is 9.64 Å². The minimum absolute atomic E-state index is 0.230. The summed E-state index contributed by atoms with van der Waals surface area (Å²) in [5.74, 6) is 0.819. The Labute approximate surface area is 158 Å². The minimum Gasteiger partial charge on any atom is -0.489 e. The number of fused-ring (bicyclic) bond motifs is 1. The lowest BCUT2D eigenvalue weighted by Gasteiger charge is -2.14. The van der Waals surface area contributed by atoms with Crippen molar-refractivity contribution in [2.45, 2.75) is 12.7 Å². The first-order chi connectivity index (χ1) is 13.2. The van der Waals surface area contributed by atoms with Crippen molar-refractivity contribution in [3.63, 3.8) is 0 Å². The first-order valence-electron chi connectivity index (χ1n) is 8.90. The summed E-state index contributed by atoms with van der Waals surface area (Å²) in [6, 6.07) is 22.0. The zero-order chi connectivity index (χ0) is 18.6. The molecule has 1 aliphatic heterocycles. The quantitative estimate of drug-likeness (QED) is 0.652. The fraction of sp³-hybridized carbons (Fsp3) is 0.227. The highest BCUT2D eigenvalue weighted by molar-refractivity contribution is 5.94. The van der Waals surface area contributed by atoms with Crippen LogP contribution in [0.15, 0.2) is 66.7 Å². The van der Waals surface area contributed by atoms with E-state index in [1.165, 1.54) is 0 Å². The summed E-state index contributed by atoms with van der Waals surface area (Å²) in [5.41, 5.74) is 1.95. The third kappa shape index (κ3) is 3.88. The maximum atomic E-state index is 12.1. The largest absolute Gasteiger partial charge is 0.489 e. The van der Waals surface area contributed by atoms with Crippen LogP contribution in [0.5, 0.6) is 5.75 Å². The molecule has 1 aliphatic rings. The second-order valence-corrected chi connectivity index (χ2v) is 6.54. The molecule has 138 valence electrons. The maximum Gasteiger partial charge on any atom is 0.414 e. The molecule has 1 saturated heterocycles. The van der Waals surface area contributed by atoms with Crippen LogP contribution in [-0.4, -0.2) is 32.5 Å². The Hall–Kier alpha value is -3.05. The van der Waals surface area contributed by atoms with Crippen molar-refractivity contribution < 1.29 is 19.0 Å². The molecule has 5 nitrogen and oxygen atoms in total. The Bertz CT molecular complexity index is 941. The van der Waals surface area contributed by atoms with Crippen molar-refractivity contribution in [3.05, 3.63) is 72.3 Å². The molecular formula is C22H21NO4. The average molecular weight is 363 g/mol. The highest BCUT2D eigenvalue weighted by Crippen LogP contribution is 2.28. The Morgan fingerprint density at radius 1 is 1.04 bits per heavy atom. The van der Waals surface area contributed by atoms with E-state index in [-0.39, 0.29) is 12.2 Å². The number of cyclic esters (lactones) is 1. The molecule has 0 radical (unpaired) electrons. The van der Waals surface area contributed by atoms with Crippen LogP contribution in [0.4, 0.5) is 10.5 Å². The van der Waals surface area contributed by atoms with Gasteiger partial charge in [0, 0.05) is 12.8 Å². The van der Waals surface area contributed by atoms with Crippen molar-refractivity contribution in [1.82, 2.24) is 0 Å². The van der Waals surface area contributed by atoms with Gasteiger partial charge in [-0.2, -0.15) is 0 Å². The molecule has 1 unspecified atom stereocenters. The fourth-order valence-electron chi connectivity index (χ4n) is 3.21. The number of rotatable bonds is 6. The number of carbonyl (C=O) groups is 1. The average Bonchev–Trinajstić information content (AvgIpc) is 3.07. The van der Waals surface area contributed by atoms with Gasteiger partial charge in [-0.3, -0.25) is 4.90 Å². The van der Waals surface area contributed by atoms with E-state index in [1.54, 1.807) is 12.0 Å². The Kier molecular flexibility index (Phi) is 4.94. The number of carbonyl (C=O) groups excluding carboxylic acids is 1. The minimum atomic E-state index is -0.334. The van der Waals surface area contributed by atoms with E-state index >= 15 is 0 Å². The summed E-state index contributed by atoms with van der Waals surface area (Å²) in [7, 11) is 1.60. The lowest BCUT2D eigenvalue weighted by atomic mass is 10.1. The molecule has 0 bridgehead atoms. The summed E-state index contributed by atoms with van der Waals surface area (Å²) >= 11 is 0. The van der Waals surface area contributed by atoms with Crippen LogP contribution in [0.25, 0.3) is 10.8 Å². The third-order valence-electron chi connectivity index (χ3n) is 4.58.